The molecule has 1 aromatic carbocycles. The minimum Gasteiger partial charge on any atom is -0.378 e. The normalized spacial score (nSPS) is 12.1. The van der Waals surface area contributed by atoms with Gasteiger partial charge in [-0.3, -0.25) is 5.32 Å². The number of nitrogens with zero attached hydrogens (tertiary/aromatic N) is 1. The van der Waals surface area contributed by atoms with E-state index in [4.69, 9.17) is 5.26 Å². The van der Waals surface area contributed by atoms with Gasteiger partial charge in [0.25, 0.3) is 0 Å². The van der Waals surface area contributed by atoms with Gasteiger partial charge in [-0.15, -0.1) is 0 Å². The van der Waals surface area contributed by atoms with Crippen molar-refractivity contribution in [3.05, 3.63) is 35.4 Å². The van der Waals surface area contributed by atoms with E-state index < -0.39 is 6.23 Å². The van der Waals surface area contributed by atoms with Crippen LogP contribution >= 0.6 is 0 Å². The number of hydrogen-bond acceptors (Lipinski definition) is 3. The van der Waals surface area contributed by atoms with Crippen molar-refractivity contribution in [3.63, 3.8) is 0 Å². The third-order valence-electron chi connectivity index (χ3n) is 1.82. The first-order valence-electron chi connectivity index (χ1n) is 4.10. The Kier molecular flexibility index (Phi) is 3.44. The fourth-order valence-electron chi connectivity index (χ4n) is 1.09. The molecule has 1 unspecified atom stereocenters. The standard InChI is InChI=1S/C10H12N2O/c1-12-10(13)6-8-3-2-4-9(5-8)7-11/h2-5,10,12-13H,6H2,1H3. The van der Waals surface area contributed by atoms with E-state index in [9.17, 15) is 5.11 Å². The van der Waals surface area contributed by atoms with Gasteiger partial charge in [0.2, 0.25) is 0 Å². The molecule has 3 heteroatoms. The topological polar surface area (TPSA) is 56.0 Å². The molecule has 0 amide bonds. The van der Waals surface area contributed by atoms with Crippen molar-refractivity contribution < 1.29 is 5.11 Å². The summed E-state index contributed by atoms with van der Waals surface area (Å²) >= 11 is 0. The van der Waals surface area contributed by atoms with E-state index in [1.807, 2.05) is 12.1 Å². The molecule has 0 radical (unpaired) electrons. The summed E-state index contributed by atoms with van der Waals surface area (Å²) in [6.45, 7) is 0. The fraction of sp³-hybridized carbons (Fsp3) is 0.300. The van der Waals surface area contributed by atoms with Gasteiger partial charge in [-0.2, -0.15) is 5.26 Å². The van der Waals surface area contributed by atoms with E-state index >= 15 is 0 Å². The van der Waals surface area contributed by atoms with Crippen LogP contribution in [0.2, 0.25) is 0 Å². The van der Waals surface area contributed by atoms with E-state index in [-0.39, 0.29) is 0 Å². The first-order chi connectivity index (χ1) is 6.26. The Labute approximate surface area is 77.6 Å². The molecule has 0 saturated heterocycles. The van der Waals surface area contributed by atoms with Crippen molar-refractivity contribution in [1.82, 2.24) is 5.32 Å². The molecule has 0 aliphatic carbocycles. The van der Waals surface area contributed by atoms with Crippen LogP contribution in [0.25, 0.3) is 0 Å². The van der Waals surface area contributed by atoms with Gasteiger partial charge in [0.1, 0.15) is 6.23 Å². The lowest BCUT2D eigenvalue weighted by Gasteiger charge is -2.08. The Hall–Kier alpha value is -1.37. The summed E-state index contributed by atoms with van der Waals surface area (Å²) in [5.74, 6) is 0. The molecular formula is C10H12N2O. The lowest BCUT2D eigenvalue weighted by atomic mass is 10.1. The van der Waals surface area contributed by atoms with Gasteiger partial charge < -0.3 is 5.11 Å². The molecule has 0 fully saturated rings. The van der Waals surface area contributed by atoms with Crippen molar-refractivity contribution in [1.29, 1.82) is 5.26 Å². The number of aliphatic hydroxyl groups excluding tert-OH is 1. The summed E-state index contributed by atoms with van der Waals surface area (Å²) in [7, 11) is 1.69. The summed E-state index contributed by atoms with van der Waals surface area (Å²) in [5, 5.41) is 20.6. The first-order valence-corrected chi connectivity index (χ1v) is 4.10. The van der Waals surface area contributed by atoms with Crippen LogP contribution in [-0.4, -0.2) is 18.4 Å². The second-order valence-electron chi connectivity index (χ2n) is 2.82. The number of aliphatic hydroxyl groups is 1. The van der Waals surface area contributed by atoms with E-state index in [0.29, 0.717) is 12.0 Å². The van der Waals surface area contributed by atoms with Crippen LogP contribution in [0.5, 0.6) is 0 Å². The second-order valence-corrected chi connectivity index (χ2v) is 2.82. The molecule has 0 aromatic heterocycles. The maximum atomic E-state index is 9.28. The molecule has 0 aliphatic rings. The molecule has 1 aromatic rings. The summed E-state index contributed by atoms with van der Waals surface area (Å²) in [5.41, 5.74) is 1.58. The lowest BCUT2D eigenvalue weighted by Crippen LogP contribution is -2.26. The zero-order valence-corrected chi connectivity index (χ0v) is 7.49. The zero-order chi connectivity index (χ0) is 9.68. The Morgan fingerprint density at radius 3 is 3.00 bits per heavy atom. The van der Waals surface area contributed by atoms with Gasteiger partial charge in [0.15, 0.2) is 0 Å². The molecule has 0 saturated carbocycles. The highest BCUT2D eigenvalue weighted by Crippen LogP contribution is 2.05. The maximum Gasteiger partial charge on any atom is 0.108 e. The van der Waals surface area contributed by atoms with Crippen molar-refractivity contribution in [2.75, 3.05) is 7.05 Å². The van der Waals surface area contributed by atoms with Crippen LogP contribution in [0.15, 0.2) is 24.3 Å². The number of nitrogens with one attached hydrogen (secondary N) is 1. The van der Waals surface area contributed by atoms with E-state index in [1.165, 1.54) is 0 Å². The van der Waals surface area contributed by atoms with Crippen LogP contribution in [0, 0.1) is 11.3 Å². The number of benzene rings is 1. The summed E-state index contributed by atoms with van der Waals surface area (Å²) in [4.78, 5) is 0. The molecule has 13 heavy (non-hydrogen) atoms. The minimum atomic E-state index is -0.547. The monoisotopic (exact) mass is 176 g/mol. The van der Waals surface area contributed by atoms with Crippen LogP contribution in [0.1, 0.15) is 11.1 Å². The van der Waals surface area contributed by atoms with Crippen LogP contribution in [0.3, 0.4) is 0 Å². The molecule has 1 rings (SSSR count). The Morgan fingerprint density at radius 1 is 1.62 bits per heavy atom. The van der Waals surface area contributed by atoms with Crippen molar-refractivity contribution in [3.8, 4) is 6.07 Å². The number of likely N-dealkylation sites (N-methyl/N-ethyl adjacent to an activating group) is 1. The minimum absolute atomic E-state index is 0.520. The van der Waals surface area contributed by atoms with Gasteiger partial charge in [-0.25, -0.2) is 0 Å². The number of nitriles is 1. The van der Waals surface area contributed by atoms with Crippen molar-refractivity contribution in [2.24, 2.45) is 0 Å². The van der Waals surface area contributed by atoms with Gasteiger partial charge in [-0.05, 0) is 24.7 Å². The van der Waals surface area contributed by atoms with Gasteiger partial charge in [-0.1, -0.05) is 12.1 Å². The van der Waals surface area contributed by atoms with E-state index in [0.717, 1.165) is 5.56 Å². The first kappa shape index (κ1) is 9.72. The van der Waals surface area contributed by atoms with Gasteiger partial charge >= 0.3 is 0 Å². The highest BCUT2D eigenvalue weighted by molar-refractivity contribution is 5.32. The molecular weight excluding hydrogens is 164 g/mol. The SMILES string of the molecule is CNC(O)Cc1cccc(C#N)c1. The number of rotatable bonds is 3. The summed E-state index contributed by atoms with van der Waals surface area (Å²) < 4.78 is 0. The average Bonchev–Trinajstić information content (AvgIpc) is 2.18. The highest BCUT2D eigenvalue weighted by Gasteiger charge is 2.02. The Bertz CT molecular complexity index is 317. The maximum absolute atomic E-state index is 9.28. The van der Waals surface area contributed by atoms with E-state index in [1.54, 1.807) is 19.2 Å². The quantitative estimate of drug-likeness (QED) is 0.664. The van der Waals surface area contributed by atoms with Crippen LogP contribution in [-0.2, 0) is 6.42 Å². The molecule has 0 aliphatic heterocycles. The molecule has 3 nitrogen and oxygen atoms in total. The largest absolute Gasteiger partial charge is 0.378 e. The van der Waals surface area contributed by atoms with Crippen molar-refractivity contribution in [2.45, 2.75) is 12.6 Å². The van der Waals surface area contributed by atoms with Gasteiger partial charge in [0.05, 0.1) is 11.6 Å². The highest BCUT2D eigenvalue weighted by atomic mass is 16.3. The second kappa shape index (κ2) is 4.61. The Morgan fingerprint density at radius 2 is 2.38 bits per heavy atom. The third kappa shape index (κ3) is 2.86. The predicted octanol–water partition coefficient (Wildman–Crippen LogP) is 0.639. The molecule has 2 N–H and O–H groups in total. The van der Waals surface area contributed by atoms with Crippen molar-refractivity contribution >= 4 is 0 Å². The molecule has 68 valence electrons. The molecule has 0 bridgehead atoms. The zero-order valence-electron chi connectivity index (χ0n) is 7.49. The van der Waals surface area contributed by atoms with E-state index in [2.05, 4.69) is 11.4 Å². The van der Waals surface area contributed by atoms with Gasteiger partial charge in [0, 0.05) is 6.42 Å². The number of hydrogen-bond donors (Lipinski definition) is 2. The summed E-state index contributed by atoms with van der Waals surface area (Å²) in [6.07, 6.45) is -0.0274. The average molecular weight is 176 g/mol. The smallest absolute Gasteiger partial charge is 0.108 e. The molecule has 0 heterocycles. The fourth-order valence-corrected chi connectivity index (χ4v) is 1.09. The Balaban J connectivity index is 2.73. The summed E-state index contributed by atoms with van der Waals surface area (Å²) in [6, 6.07) is 9.29. The predicted molar refractivity (Wildman–Crippen MR) is 49.9 cm³/mol. The molecule has 0 spiro atoms. The van der Waals surface area contributed by atoms with Crippen LogP contribution < -0.4 is 5.32 Å². The van der Waals surface area contributed by atoms with Crippen LogP contribution in [0.4, 0.5) is 0 Å². The molecule has 1 atom stereocenters. The lowest BCUT2D eigenvalue weighted by molar-refractivity contribution is 0.147. The third-order valence-corrected chi connectivity index (χ3v) is 1.82.